The molecule has 0 bridgehead atoms. The normalized spacial score (nSPS) is 17.3. The highest BCUT2D eigenvalue weighted by molar-refractivity contribution is 9.10. The predicted octanol–water partition coefficient (Wildman–Crippen LogP) is 5.99. The van der Waals surface area contributed by atoms with Crippen molar-refractivity contribution in [3.8, 4) is 0 Å². The molecule has 9 heteroatoms. The largest absolute Gasteiger partial charge is 0.365 e. The van der Waals surface area contributed by atoms with Crippen molar-refractivity contribution in [1.82, 2.24) is 10.6 Å². The molecule has 0 unspecified atom stereocenters. The van der Waals surface area contributed by atoms with Gasteiger partial charge in [0.2, 0.25) is 0 Å². The second kappa shape index (κ2) is 11.5. The SMILES string of the molecule is CC1(C)CCN=C(c2ccc(NC(=O)c3ccc(C(=O)Nc4ccc(C5=NCCC(C)(C)N5)cc4)c(Br)c3)cc2)N1. The van der Waals surface area contributed by atoms with Crippen LogP contribution in [0.25, 0.3) is 0 Å². The third-order valence-corrected chi connectivity index (χ3v) is 7.89. The lowest BCUT2D eigenvalue weighted by molar-refractivity contribution is 0.101. The van der Waals surface area contributed by atoms with Gasteiger partial charge in [-0.3, -0.25) is 19.6 Å². The van der Waals surface area contributed by atoms with E-state index in [9.17, 15) is 9.59 Å². The summed E-state index contributed by atoms with van der Waals surface area (Å²) < 4.78 is 0.529. The van der Waals surface area contributed by atoms with Crippen molar-refractivity contribution in [3.05, 3.63) is 93.5 Å². The number of aliphatic imine (C=N–C) groups is 2. The molecule has 0 spiro atoms. The van der Waals surface area contributed by atoms with E-state index >= 15 is 0 Å². The van der Waals surface area contributed by atoms with Crippen molar-refractivity contribution < 1.29 is 9.59 Å². The van der Waals surface area contributed by atoms with Crippen LogP contribution in [0.3, 0.4) is 0 Å². The summed E-state index contributed by atoms with van der Waals surface area (Å²) in [5, 5.41) is 12.8. The molecule has 0 saturated carbocycles. The van der Waals surface area contributed by atoms with Crippen molar-refractivity contribution in [1.29, 1.82) is 0 Å². The second-order valence-corrected chi connectivity index (χ2v) is 12.6. The molecule has 0 saturated heterocycles. The summed E-state index contributed by atoms with van der Waals surface area (Å²) in [5.74, 6) is 1.19. The van der Waals surface area contributed by atoms with Gasteiger partial charge in [0.05, 0.1) is 5.56 Å². The van der Waals surface area contributed by atoms with Gasteiger partial charge < -0.3 is 21.3 Å². The smallest absolute Gasteiger partial charge is 0.256 e. The fourth-order valence-corrected chi connectivity index (χ4v) is 5.29. The summed E-state index contributed by atoms with van der Waals surface area (Å²) in [6, 6.07) is 20.1. The Labute approximate surface area is 249 Å². The number of hydrogen-bond acceptors (Lipinski definition) is 6. The van der Waals surface area contributed by atoms with Crippen molar-refractivity contribution in [2.45, 2.75) is 51.6 Å². The quantitative estimate of drug-likeness (QED) is 0.273. The van der Waals surface area contributed by atoms with Crippen LogP contribution >= 0.6 is 15.9 Å². The van der Waals surface area contributed by atoms with Crippen LogP contribution in [0.1, 0.15) is 72.4 Å². The first-order valence-corrected chi connectivity index (χ1v) is 14.6. The van der Waals surface area contributed by atoms with E-state index in [1.54, 1.807) is 18.2 Å². The van der Waals surface area contributed by atoms with Crippen molar-refractivity contribution in [2.75, 3.05) is 23.7 Å². The second-order valence-electron chi connectivity index (χ2n) is 11.7. The molecule has 2 aliphatic rings. The molecule has 2 aliphatic heterocycles. The molecular formula is C32H35BrN6O2. The summed E-state index contributed by atoms with van der Waals surface area (Å²) in [5.41, 5.74) is 4.17. The number of anilines is 2. The third kappa shape index (κ3) is 7.03. The Kier molecular flexibility index (Phi) is 8.00. The van der Waals surface area contributed by atoms with Gasteiger partial charge in [0.1, 0.15) is 11.7 Å². The summed E-state index contributed by atoms with van der Waals surface area (Å²) >= 11 is 3.47. The summed E-state index contributed by atoms with van der Waals surface area (Å²) in [6.07, 6.45) is 1.97. The van der Waals surface area contributed by atoms with E-state index in [-0.39, 0.29) is 22.9 Å². The average Bonchev–Trinajstić information content (AvgIpc) is 2.92. The minimum atomic E-state index is -0.274. The number of carbonyl (C=O) groups excluding carboxylic acids is 2. The summed E-state index contributed by atoms with van der Waals surface area (Å²) in [6.45, 7) is 10.2. The number of rotatable bonds is 6. The molecule has 3 aromatic carbocycles. The van der Waals surface area contributed by atoms with Gasteiger partial charge in [0.15, 0.2) is 0 Å². The first-order valence-electron chi connectivity index (χ1n) is 13.8. The Morgan fingerprint density at radius 1 is 0.707 bits per heavy atom. The van der Waals surface area contributed by atoms with Gasteiger partial charge in [-0.15, -0.1) is 0 Å². The Bertz CT molecular complexity index is 1520. The van der Waals surface area contributed by atoms with Crippen LogP contribution in [0.15, 0.2) is 81.2 Å². The lowest BCUT2D eigenvalue weighted by atomic mass is 9.98. The predicted molar refractivity (Wildman–Crippen MR) is 169 cm³/mol. The molecule has 3 aromatic rings. The molecule has 8 nitrogen and oxygen atoms in total. The lowest BCUT2D eigenvalue weighted by Gasteiger charge is -2.31. The molecule has 2 amide bonds. The molecule has 0 aromatic heterocycles. The van der Waals surface area contributed by atoms with E-state index < -0.39 is 0 Å². The number of benzene rings is 3. The van der Waals surface area contributed by atoms with Crippen molar-refractivity contribution in [3.63, 3.8) is 0 Å². The van der Waals surface area contributed by atoms with Crippen LogP contribution in [-0.4, -0.2) is 47.7 Å². The van der Waals surface area contributed by atoms with Crippen LogP contribution in [0.5, 0.6) is 0 Å². The molecule has 5 rings (SSSR count). The maximum absolute atomic E-state index is 13.0. The van der Waals surface area contributed by atoms with E-state index in [0.717, 1.165) is 48.7 Å². The van der Waals surface area contributed by atoms with Gasteiger partial charge in [-0.05, 0) is 123 Å². The van der Waals surface area contributed by atoms with E-state index in [0.29, 0.717) is 27.0 Å². The summed E-state index contributed by atoms with van der Waals surface area (Å²) in [7, 11) is 0. The Morgan fingerprint density at radius 3 is 1.61 bits per heavy atom. The van der Waals surface area contributed by atoms with Crippen molar-refractivity contribution in [2.24, 2.45) is 9.98 Å². The number of nitrogens with zero attached hydrogens (tertiary/aromatic N) is 2. The van der Waals surface area contributed by atoms with Crippen LogP contribution in [-0.2, 0) is 0 Å². The van der Waals surface area contributed by atoms with E-state index in [1.165, 1.54) is 0 Å². The first kappa shape index (κ1) is 28.5. The van der Waals surface area contributed by atoms with Gasteiger partial charge in [-0.2, -0.15) is 0 Å². The molecule has 0 radical (unpaired) electrons. The van der Waals surface area contributed by atoms with Crippen molar-refractivity contribution >= 4 is 50.8 Å². The van der Waals surface area contributed by atoms with E-state index in [4.69, 9.17) is 0 Å². The van der Waals surface area contributed by atoms with Crippen LogP contribution < -0.4 is 21.3 Å². The van der Waals surface area contributed by atoms with E-state index in [2.05, 4.69) is 74.9 Å². The number of hydrogen-bond donors (Lipinski definition) is 4. The molecular weight excluding hydrogens is 580 g/mol. The number of carbonyl (C=O) groups is 2. The maximum Gasteiger partial charge on any atom is 0.256 e. The standard InChI is InChI=1S/C32H35BrN6O2/c1-31(2)15-17-34-27(38-31)20-5-10-23(11-6-20)36-29(40)22-9-14-25(26(33)19-22)30(41)37-24-12-7-21(8-13-24)28-35-18-16-32(3,4)39-28/h5-14,19H,15-18H2,1-4H3,(H,34,38)(H,35,39)(H,36,40)(H,37,41). The zero-order valence-corrected chi connectivity index (χ0v) is 25.4. The number of amides is 2. The Hall–Kier alpha value is -3.98. The molecule has 0 atom stereocenters. The molecule has 41 heavy (non-hydrogen) atoms. The minimum Gasteiger partial charge on any atom is -0.365 e. The van der Waals surface area contributed by atoms with Gasteiger partial charge in [-0.25, -0.2) is 0 Å². The molecule has 212 valence electrons. The zero-order chi connectivity index (χ0) is 29.2. The maximum atomic E-state index is 13.0. The number of nitrogens with one attached hydrogen (secondary N) is 4. The Morgan fingerprint density at radius 2 is 1.17 bits per heavy atom. The van der Waals surface area contributed by atoms with Gasteiger partial charge in [-0.1, -0.05) is 0 Å². The molecule has 0 fully saturated rings. The molecule has 0 aliphatic carbocycles. The first-order chi connectivity index (χ1) is 19.5. The highest BCUT2D eigenvalue weighted by Crippen LogP contribution is 2.23. The molecule has 4 N–H and O–H groups in total. The lowest BCUT2D eigenvalue weighted by Crippen LogP contribution is -2.47. The average molecular weight is 616 g/mol. The van der Waals surface area contributed by atoms with E-state index in [1.807, 2.05) is 48.5 Å². The fraction of sp³-hybridized carbons (Fsp3) is 0.312. The number of amidine groups is 2. The highest BCUT2D eigenvalue weighted by atomic mass is 79.9. The third-order valence-electron chi connectivity index (χ3n) is 7.24. The zero-order valence-electron chi connectivity index (χ0n) is 23.8. The van der Waals surface area contributed by atoms with Crippen LogP contribution in [0, 0.1) is 0 Å². The highest BCUT2D eigenvalue weighted by Gasteiger charge is 2.24. The number of halogens is 1. The topological polar surface area (TPSA) is 107 Å². The summed E-state index contributed by atoms with van der Waals surface area (Å²) in [4.78, 5) is 35.1. The Balaban J connectivity index is 1.20. The van der Waals surface area contributed by atoms with Gasteiger partial charge in [0.25, 0.3) is 11.8 Å². The monoisotopic (exact) mass is 614 g/mol. The van der Waals surface area contributed by atoms with Gasteiger partial charge >= 0.3 is 0 Å². The van der Waals surface area contributed by atoms with Gasteiger partial charge in [0, 0.05) is 56.7 Å². The van der Waals surface area contributed by atoms with Crippen LogP contribution in [0.4, 0.5) is 11.4 Å². The molecule has 2 heterocycles. The fourth-order valence-electron chi connectivity index (χ4n) is 4.73. The van der Waals surface area contributed by atoms with Crippen LogP contribution in [0.2, 0.25) is 0 Å². The minimum absolute atomic E-state index is 0.00355.